The molecular weight excluding hydrogens is 284 g/mol. The summed E-state index contributed by atoms with van der Waals surface area (Å²) in [5.74, 6) is 0.506. The Labute approximate surface area is 129 Å². The molecule has 0 aliphatic rings. The van der Waals surface area contributed by atoms with Gasteiger partial charge in [-0.05, 0) is 37.3 Å². The van der Waals surface area contributed by atoms with Crippen molar-refractivity contribution in [1.82, 2.24) is 0 Å². The minimum atomic E-state index is -0.503. The summed E-state index contributed by atoms with van der Waals surface area (Å²) in [7, 11) is 0. The van der Waals surface area contributed by atoms with Crippen molar-refractivity contribution in [3.63, 3.8) is 0 Å². The molecule has 0 bridgehead atoms. The minimum Gasteiger partial charge on any atom is -0.507 e. The maximum atomic E-state index is 12.1. The topological polar surface area (TPSA) is 79.9 Å². The molecule has 0 spiro atoms. The molecule has 1 aromatic heterocycles. The quantitative estimate of drug-likeness (QED) is 0.606. The van der Waals surface area contributed by atoms with Gasteiger partial charge in [-0.2, -0.15) is 0 Å². The number of fused-ring (bicyclic) bond motifs is 1. The number of ether oxygens (including phenoxy) is 1. The van der Waals surface area contributed by atoms with E-state index in [1.807, 2.05) is 13.8 Å². The summed E-state index contributed by atoms with van der Waals surface area (Å²) in [4.78, 5) is 12.1. The van der Waals surface area contributed by atoms with Crippen LogP contribution in [0.25, 0.3) is 11.0 Å². The predicted molar refractivity (Wildman–Crippen MR) is 84.7 cm³/mol. The third-order valence-corrected chi connectivity index (χ3v) is 3.81. The third kappa shape index (κ3) is 3.42. The second-order valence-corrected chi connectivity index (χ2v) is 5.40. The molecule has 1 heterocycles. The van der Waals surface area contributed by atoms with Crippen molar-refractivity contribution in [2.75, 3.05) is 13.2 Å². The lowest BCUT2D eigenvalue weighted by atomic mass is 9.98. The number of rotatable bonds is 7. The molecule has 0 radical (unpaired) electrons. The Morgan fingerprint density at radius 3 is 2.77 bits per heavy atom. The maximum absolute atomic E-state index is 12.1. The zero-order chi connectivity index (χ0) is 16.1. The highest BCUT2D eigenvalue weighted by molar-refractivity contribution is 5.85. The Balaban J connectivity index is 2.33. The van der Waals surface area contributed by atoms with E-state index >= 15 is 0 Å². The number of unbranched alkanes of at least 4 members (excludes halogenated alkanes) is 1. The highest BCUT2D eigenvalue weighted by Crippen LogP contribution is 2.33. The Hall–Kier alpha value is -2.01. The highest BCUT2D eigenvalue weighted by Gasteiger charge is 2.18. The van der Waals surface area contributed by atoms with Gasteiger partial charge in [0.25, 0.3) is 0 Å². The average Bonchev–Trinajstić information content (AvgIpc) is 2.51. The van der Waals surface area contributed by atoms with Gasteiger partial charge in [0.2, 0.25) is 0 Å². The van der Waals surface area contributed by atoms with E-state index in [1.165, 1.54) is 0 Å². The Morgan fingerprint density at radius 1 is 1.32 bits per heavy atom. The van der Waals surface area contributed by atoms with E-state index in [0.717, 1.165) is 12.8 Å². The molecule has 0 saturated carbocycles. The molecule has 0 saturated heterocycles. The van der Waals surface area contributed by atoms with E-state index in [-0.39, 0.29) is 18.3 Å². The van der Waals surface area contributed by atoms with Gasteiger partial charge in [-0.25, -0.2) is 4.79 Å². The molecule has 0 amide bonds. The number of hydrogen-bond donors (Lipinski definition) is 2. The van der Waals surface area contributed by atoms with Crippen LogP contribution in [0.2, 0.25) is 0 Å². The predicted octanol–water partition coefficient (Wildman–Crippen LogP) is 3.16. The van der Waals surface area contributed by atoms with Crippen LogP contribution in [0.4, 0.5) is 0 Å². The van der Waals surface area contributed by atoms with Crippen molar-refractivity contribution < 1.29 is 19.4 Å². The van der Waals surface area contributed by atoms with E-state index in [1.54, 1.807) is 18.2 Å². The SMILES string of the molecule is CCC(C)c1c(O)c2ccc(OCCCCO)cc2oc1=O. The first-order valence-electron chi connectivity index (χ1n) is 7.61. The first kappa shape index (κ1) is 16.4. The number of aliphatic hydroxyl groups excluding tert-OH is 1. The molecule has 5 nitrogen and oxygen atoms in total. The van der Waals surface area contributed by atoms with Gasteiger partial charge >= 0.3 is 5.63 Å². The van der Waals surface area contributed by atoms with Crippen molar-refractivity contribution >= 4 is 11.0 Å². The van der Waals surface area contributed by atoms with Crippen LogP contribution in [0.3, 0.4) is 0 Å². The molecule has 1 aromatic carbocycles. The van der Waals surface area contributed by atoms with Crippen molar-refractivity contribution in [3.05, 3.63) is 34.2 Å². The van der Waals surface area contributed by atoms with Gasteiger partial charge in [-0.3, -0.25) is 0 Å². The fourth-order valence-corrected chi connectivity index (χ4v) is 2.31. The molecule has 120 valence electrons. The van der Waals surface area contributed by atoms with Crippen LogP contribution in [-0.4, -0.2) is 23.4 Å². The lowest BCUT2D eigenvalue weighted by Gasteiger charge is -2.12. The first-order chi connectivity index (χ1) is 10.6. The van der Waals surface area contributed by atoms with Gasteiger partial charge in [-0.1, -0.05) is 13.8 Å². The molecule has 1 unspecified atom stereocenters. The number of hydrogen-bond acceptors (Lipinski definition) is 5. The summed E-state index contributed by atoms with van der Waals surface area (Å²) in [5.41, 5.74) is 0.137. The van der Waals surface area contributed by atoms with Gasteiger partial charge < -0.3 is 19.4 Å². The Bertz CT molecular complexity index is 689. The molecule has 0 fully saturated rings. The normalized spacial score (nSPS) is 12.5. The van der Waals surface area contributed by atoms with Crippen LogP contribution in [0.5, 0.6) is 11.5 Å². The molecule has 1 atom stereocenters. The van der Waals surface area contributed by atoms with Crippen LogP contribution >= 0.6 is 0 Å². The van der Waals surface area contributed by atoms with E-state index < -0.39 is 5.63 Å². The summed E-state index contributed by atoms with van der Waals surface area (Å²) >= 11 is 0. The molecule has 0 aliphatic carbocycles. The largest absolute Gasteiger partial charge is 0.507 e. The maximum Gasteiger partial charge on any atom is 0.343 e. The van der Waals surface area contributed by atoms with Crippen molar-refractivity contribution in [2.24, 2.45) is 0 Å². The van der Waals surface area contributed by atoms with Gasteiger partial charge in [-0.15, -0.1) is 0 Å². The summed E-state index contributed by atoms with van der Waals surface area (Å²) in [6.45, 7) is 4.46. The fraction of sp³-hybridized carbons (Fsp3) is 0.471. The van der Waals surface area contributed by atoms with Gasteiger partial charge in [0.15, 0.2) is 0 Å². The van der Waals surface area contributed by atoms with Gasteiger partial charge in [0.05, 0.1) is 17.6 Å². The molecule has 5 heteroatoms. The second kappa shape index (κ2) is 7.31. The van der Waals surface area contributed by atoms with Crippen LogP contribution < -0.4 is 10.4 Å². The average molecular weight is 306 g/mol. The van der Waals surface area contributed by atoms with Gasteiger partial charge in [0.1, 0.15) is 17.1 Å². The monoisotopic (exact) mass is 306 g/mol. The molecule has 2 aromatic rings. The number of benzene rings is 1. The van der Waals surface area contributed by atoms with E-state index in [4.69, 9.17) is 14.3 Å². The van der Waals surface area contributed by atoms with Crippen LogP contribution in [0.1, 0.15) is 44.6 Å². The van der Waals surface area contributed by atoms with Gasteiger partial charge in [0, 0.05) is 12.7 Å². The number of aromatic hydroxyl groups is 1. The lowest BCUT2D eigenvalue weighted by Crippen LogP contribution is -2.10. The van der Waals surface area contributed by atoms with E-state index in [0.29, 0.717) is 35.3 Å². The zero-order valence-electron chi connectivity index (χ0n) is 13.0. The van der Waals surface area contributed by atoms with Crippen molar-refractivity contribution in [1.29, 1.82) is 0 Å². The Kier molecular flexibility index (Phi) is 5.44. The summed E-state index contributed by atoms with van der Waals surface area (Å²) in [6, 6.07) is 5.04. The smallest absolute Gasteiger partial charge is 0.343 e. The first-order valence-corrected chi connectivity index (χ1v) is 7.61. The lowest BCUT2D eigenvalue weighted by molar-refractivity contribution is 0.253. The molecule has 0 aliphatic heterocycles. The zero-order valence-corrected chi connectivity index (χ0v) is 13.0. The van der Waals surface area contributed by atoms with E-state index in [2.05, 4.69) is 0 Å². The number of aliphatic hydroxyl groups is 1. The molecule has 22 heavy (non-hydrogen) atoms. The van der Waals surface area contributed by atoms with Crippen LogP contribution in [-0.2, 0) is 0 Å². The Morgan fingerprint density at radius 2 is 2.09 bits per heavy atom. The highest BCUT2D eigenvalue weighted by atomic mass is 16.5. The molecule has 2 rings (SSSR count). The van der Waals surface area contributed by atoms with Crippen LogP contribution in [0.15, 0.2) is 27.4 Å². The summed E-state index contributed by atoms with van der Waals surface area (Å²) < 4.78 is 10.9. The minimum absolute atomic E-state index is 0.00701. The second-order valence-electron chi connectivity index (χ2n) is 5.40. The van der Waals surface area contributed by atoms with Crippen molar-refractivity contribution in [2.45, 2.75) is 39.0 Å². The van der Waals surface area contributed by atoms with E-state index in [9.17, 15) is 9.90 Å². The molecule has 2 N–H and O–H groups in total. The van der Waals surface area contributed by atoms with Crippen molar-refractivity contribution in [3.8, 4) is 11.5 Å². The standard InChI is InChI=1S/C17H22O5/c1-3-11(2)15-16(19)13-7-6-12(21-9-5-4-8-18)10-14(13)22-17(15)20/h6-7,10-11,18-19H,3-5,8-9H2,1-2H3. The summed E-state index contributed by atoms with van der Waals surface area (Å²) in [6.07, 6.45) is 2.17. The third-order valence-electron chi connectivity index (χ3n) is 3.81. The summed E-state index contributed by atoms with van der Waals surface area (Å²) in [5, 5.41) is 19.6. The van der Waals surface area contributed by atoms with Crippen LogP contribution in [0, 0.1) is 0 Å². The molecular formula is C17H22O5. The fourth-order valence-electron chi connectivity index (χ4n) is 2.31.